The third-order valence-corrected chi connectivity index (χ3v) is 5.74. The molecule has 2 atom stereocenters. The van der Waals surface area contributed by atoms with Crippen molar-refractivity contribution in [2.24, 2.45) is 0 Å². The summed E-state index contributed by atoms with van der Waals surface area (Å²) in [6.45, 7) is 0. The Balaban J connectivity index is 1.55. The highest BCUT2D eigenvalue weighted by molar-refractivity contribution is 7.13. The number of aromatic amines is 1. The molecule has 116 valence electrons. The van der Waals surface area contributed by atoms with Gasteiger partial charge in [-0.1, -0.05) is 6.07 Å². The third kappa shape index (κ3) is 2.27. The quantitative estimate of drug-likeness (QED) is 0.947. The summed E-state index contributed by atoms with van der Waals surface area (Å²) < 4.78 is 5.50. The van der Waals surface area contributed by atoms with Crippen LogP contribution in [-0.4, -0.2) is 46.3 Å². The number of nitrogens with zero attached hydrogens (tertiary/aromatic N) is 2. The van der Waals surface area contributed by atoms with E-state index < -0.39 is 0 Å². The number of methoxy groups -OCH3 is 1. The average Bonchev–Trinajstić information content (AvgIpc) is 3.25. The van der Waals surface area contributed by atoms with Gasteiger partial charge in [0.25, 0.3) is 5.91 Å². The van der Waals surface area contributed by atoms with Crippen LogP contribution >= 0.6 is 11.3 Å². The molecule has 2 unspecified atom stereocenters. The fraction of sp³-hybridized carbons (Fsp3) is 0.500. The molecule has 22 heavy (non-hydrogen) atoms. The maximum Gasteiger partial charge on any atom is 0.274 e. The van der Waals surface area contributed by atoms with E-state index in [9.17, 15) is 4.79 Å². The zero-order valence-corrected chi connectivity index (χ0v) is 13.3. The number of fused-ring (bicyclic) bond motifs is 2. The van der Waals surface area contributed by atoms with E-state index in [1.807, 2.05) is 28.5 Å². The van der Waals surface area contributed by atoms with Crippen molar-refractivity contribution in [2.45, 2.75) is 43.9 Å². The maximum atomic E-state index is 12.8. The molecule has 0 aromatic carbocycles. The van der Waals surface area contributed by atoms with Crippen LogP contribution in [-0.2, 0) is 4.74 Å². The van der Waals surface area contributed by atoms with Crippen molar-refractivity contribution >= 4 is 17.2 Å². The summed E-state index contributed by atoms with van der Waals surface area (Å²) in [6.07, 6.45) is 4.35. The van der Waals surface area contributed by atoms with E-state index in [1.165, 1.54) is 0 Å². The van der Waals surface area contributed by atoms with Gasteiger partial charge in [-0.25, -0.2) is 0 Å². The van der Waals surface area contributed by atoms with E-state index in [4.69, 9.17) is 4.74 Å². The van der Waals surface area contributed by atoms with E-state index in [2.05, 4.69) is 10.2 Å². The summed E-state index contributed by atoms with van der Waals surface area (Å²) in [5, 5.41) is 9.25. The van der Waals surface area contributed by atoms with E-state index >= 15 is 0 Å². The lowest BCUT2D eigenvalue weighted by molar-refractivity contribution is 0.00794. The molecule has 5 nitrogen and oxygen atoms in total. The molecule has 4 rings (SSSR count). The lowest BCUT2D eigenvalue weighted by Gasteiger charge is -2.38. The van der Waals surface area contributed by atoms with Crippen molar-refractivity contribution in [1.82, 2.24) is 15.1 Å². The van der Waals surface area contributed by atoms with Crippen LogP contribution in [0.2, 0.25) is 0 Å². The van der Waals surface area contributed by atoms with Crippen molar-refractivity contribution in [3.05, 3.63) is 29.3 Å². The second kappa shape index (κ2) is 5.52. The zero-order chi connectivity index (χ0) is 15.1. The topological polar surface area (TPSA) is 58.2 Å². The van der Waals surface area contributed by atoms with Gasteiger partial charge in [0, 0.05) is 19.2 Å². The molecule has 2 aromatic heterocycles. The number of ether oxygens (including phenoxy) is 1. The average molecular weight is 317 g/mol. The molecule has 2 saturated heterocycles. The van der Waals surface area contributed by atoms with Gasteiger partial charge in [0.15, 0.2) is 5.69 Å². The molecule has 4 heterocycles. The molecule has 0 saturated carbocycles. The number of amides is 1. The Hall–Kier alpha value is -1.66. The Morgan fingerprint density at radius 3 is 2.82 bits per heavy atom. The number of rotatable bonds is 3. The van der Waals surface area contributed by atoms with Crippen molar-refractivity contribution < 1.29 is 9.53 Å². The highest BCUT2D eigenvalue weighted by Crippen LogP contribution is 2.37. The van der Waals surface area contributed by atoms with Gasteiger partial charge < -0.3 is 9.64 Å². The predicted octanol–water partition coefficient (Wildman–Crippen LogP) is 2.92. The monoisotopic (exact) mass is 317 g/mol. The van der Waals surface area contributed by atoms with Crippen molar-refractivity contribution in [3.8, 4) is 10.6 Å². The number of hydrogen-bond acceptors (Lipinski definition) is 4. The Bertz CT molecular complexity index is 653. The first-order chi connectivity index (χ1) is 10.8. The molecule has 0 aliphatic carbocycles. The van der Waals surface area contributed by atoms with Gasteiger partial charge in [0.2, 0.25) is 0 Å². The Morgan fingerprint density at radius 1 is 1.41 bits per heavy atom. The Labute approximate surface area is 133 Å². The maximum absolute atomic E-state index is 12.8. The molecule has 2 aliphatic heterocycles. The van der Waals surface area contributed by atoms with Crippen molar-refractivity contribution in [1.29, 1.82) is 0 Å². The first-order valence-corrected chi connectivity index (χ1v) is 8.59. The van der Waals surface area contributed by atoms with Crippen LogP contribution in [0.4, 0.5) is 0 Å². The molecule has 1 N–H and O–H groups in total. The smallest absolute Gasteiger partial charge is 0.274 e. The molecule has 1 amide bonds. The summed E-state index contributed by atoms with van der Waals surface area (Å²) in [4.78, 5) is 16.0. The highest BCUT2D eigenvalue weighted by atomic mass is 32.1. The lowest BCUT2D eigenvalue weighted by Crippen LogP contribution is -2.48. The minimum Gasteiger partial charge on any atom is -0.381 e. The standard InChI is InChI=1S/C16H19N3O2S/c1-21-12-7-10-4-5-11(8-12)19(10)16(20)14-9-13(17-18-14)15-3-2-6-22-15/h2-3,6,9-12H,4-5,7-8H2,1H3,(H,17,18). The van der Waals surface area contributed by atoms with E-state index in [-0.39, 0.29) is 5.91 Å². The summed E-state index contributed by atoms with van der Waals surface area (Å²) in [5.74, 6) is 0.0566. The van der Waals surface area contributed by atoms with Gasteiger partial charge in [0.1, 0.15) is 0 Å². The second-order valence-corrected chi connectivity index (χ2v) is 7.02. The van der Waals surface area contributed by atoms with E-state index in [0.29, 0.717) is 23.9 Å². The number of carbonyl (C=O) groups is 1. The number of nitrogens with one attached hydrogen (secondary N) is 1. The number of carbonyl (C=O) groups excluding carboxylic acids is 1. The largest absolute Gasteiger partial charge is 0.381 e. The van der Waals surface area contributed by atoms with Gasteiger partial charge in [-0.05, 0) is 43.2 Å². The van der Waals surface area contributed by atoms with Gasteiger partial charge in [-0.15, -0.1) is 11.3 Å². The van der Waals surface area contributed by atoms with Gasteiger partial charge >= 0.3 is 0 Å². The summed E-state index contributed by atoms with van der Waals surface area (Å²) in [5.41, 5.74) is 1.44. The minimum atomic E-state index is 0.0566. The predicted molar refractivity (Wildman–Crippen MR) is 84.9 cm³/mol. The van der Waals surface area contributed by atoms with Crippen LogP contribution in [0.3, 0.4) is 0 Å². The van der Waals surface area contributed by atoms with Crippen LogP contribution in [0.5, 0.6) is 0 Å². The Morgan fingerprint density at radius 2 is 2.18 bits per heavy atom. The molecule has 2 fully saturated rings. The number of piperidine rings is 1. The lowest BCUT2D eigenvalue weighted by atomic mass is 9.99. The number of aromatic nitrogens is 2. The zero-order valence-electron chi connectivity index (χ0n) is 12.5. The van der Waals surface area contributed by atoms with Crippen LogP contribution < -0.4 is 0 Å². The molecule has 0 spiro atoms. The first-order valence-electron chi connectivity index (χ1n) is 7.71. The highest BCUT2D eigenvalue weighted by Gasteiger charge is 2.44. The number of thiophene rings is 1. The second-order valence-electron chi connectivity index (χ2n) is 6.07. The fourth-order valence-corrected chi connectivity index (χ4v) is 4.47. The third-order valence-electron chi connectivity index (χ3n) is 4.84. The Kier molecular flexibility index (Phi) is 3.50. The van der Waals surface area contributed by atoms with Gasteiger partial charge in [0.05, 0.1) is 16.7 Å². The molecule has 0 radical (unpaired) electrons. The molecule has 6 heteroatoms. The van der Waals surface area contributed by atoms with E-state index in [0.717, 1.165) is 36.3 Å². The first kappa shape index (κ1) is 14.0. The molecule has 2 bridgehead atoms. The fourth-order valence-electron chi connectivity index (χ4n) is 3.77. The number of hydrogen-bond donors (Lipinski definition) is 1. The summed E-state index contributed by atoms with van der Waals surface area (Å²) in [6, 6.07) is 6.50. The molecular weight excluding hydrogens is 298 g/mol. The van der Waals surface area contributed by atoms with Crippen molar-refractivity contribution in [3.63, 3.8) is 0 Å². The molecule has 2 aromatic rings. The normalized spacial score (nSPS) is 27.3. The van der Waals surface area contributed by atoms with Crippen LogP contribution in [0, 0.1) is 0 Å². The van der Waals surface area contributed by atoms with Gasteiger partial charge in [-0.2, -0.15) is 5.10 Å². The van der Waals surface area contributed by atoms with E-state index in [1.54, 1.807) is 18.4 Å². The van der Waals surface area contributed by atoms with Crippen LogP contribution in [0.15, 0.2) is 23.6 Å². The minimum absolute atomic E-state index is 0.0566. The molecule has 2 aliphatic rings. The van der Waals surface area contributed by atoms with Crippen LogP contribution in [0.25, 0.3) is 10.6 Å². The van der Waals surface area contributed by atoms with Gasteiger partial charge in [-0.3, -0.25) is 9.89 Å². The summed E-state index contributed by atoms with van der Waals surface area (Å²) in [7, 11) is 1.77. The van der Waals surface area contributed by atoms with Crippen LogP contribution in [0.1, 0.15) is 36.2 Å². The summed E-state index contributed by atoms with van der Waals surface area (Å²) >= 11 is 1.64. The SMILES string of the molecule is COC1CC2CCC(C1)N2C(=O)c1cc(-c2cccs2)[nH]n1. The number of H-pyrrole nitrogens is 1. The van der Waals surface area contributed by atoms with Crippen molar-refractivity contribution in [2.75, 3.05) is 7.11 Å². The molecular formula is C16H19N3O2S.